The van der Waals surface area contributed by atoms with Crippen LogP contribution in [0.4, 0.5) is 34.5 Å². The van der Waals surface area contributed by atoms with Gasteiger partial charge in [-0.05, 0) is 60.1 Å². The third kappa shape index (κ3) is 6.65. The number of hydrogen-bond acceptors (Lipinski definition) is 12. The number of piperidine rings is 1. The molecule has 4 aromatic rings. The lowest BCUT2D eigenvalue weighted by molar-refractivity contribution is 0.0982. The van der Waals surface area contributed by atoms with E-state index in [-0.39, 0.29) is 0 Å². The van der Waals surface area contributed by atoms with E-state index in [1.165, 1.54) is 44.7 Å². The van der Waals surface area contributed by atoms with E-state index in [0.29, 0.717) is 17.8 Å². The molecule has 2 saturated heterocycles. The van der Waals surface area contributed by atoms with E-state index in [0.717, 1.165) is 51.4 Å². The molecule has 11 nitrogen and oxygen atoms in total. The number of likely N-dealkylation sites (N-methyl/N-ethyl adjacent to an activating group) is 1. The first-order chi connectivity index (χ1) is 21.4. The molecule has 13 heteroatoms. The number of benzene rings is 2. The number of nitrogens with one attached hydrogen (secondary N) is 2. The van der Waals surface area contributed by atoms with Crippen LogP contribution in [-0.4, -0.2) is 103 Å². The van der Waals surface area contributed by atoms with Crippen molar-refractivity contribution in [2.24, 2.45) is 0 Å². The van der Waals surface area contributed by atoms with Gasteiger partial charge in [0.05, 0.1) is 34.2 Å². The molecule has 6 rings (SSSR count). The van der Waals surface area contributed by atoms with E-state index in [9.17, 15) is 0 Å². The van der Waals surface area contributed by atoms with E-state index in [4.69, 9.17) is 9.72 Å². The number of halogens is 1. The van der Waals surface area contributed by atoms with Crippen LogP contribution in [0.2, 0.25) is 0 Å². The maximum absolute atomic E-state index is 5.82. The lowest BCUT2D eigenvalue weighted by Crippen LogP contribution is -2.52. The zero-order valence-electron chi connectivity index (χ0n) is 25.6. The second-order valence-electron chi connectivity index (χ2n) is 11.1. The lowest BCUT2D eigenvalue weighted by atomic mass is 10.0. The van der Waals surface area contributed by atoms with Crippen LogP contribution < -0.4 is 24.6 Å². The highest BCUT2D eigenvalue weighted by Gasteiger charge is 2.27. The van der Waals surface area contributed by atoms with E-state index < -0.39 is 0 Å². The molecule has 44 heavy (non-hydrogen) atoms. The van der Waals surface area contributed by atoms with Crippen LogP contribution >= 0.6 is 27.9 Å². The summed E-state index contributed by atoms with van der Waals surface area (Å²) < 4.78 is 8.62. The van der Waals surface area contributed by atoms with Crippen LogP contribution in [0.25, 0.3) is 11.0 Å². The molecule has 0 unspecified atom stereocenters. The van der Waals surface area contributed by atoms with Gasteiger partial charge in [-0.25, -0.2) is 4.98 Å². The van der Waals surface area contributed by atoms with Crippen molar-refractivity contribution < 1.29 is 4.74 Å². The number of methoxy groups -OCH3 is 1. The molecule has 2 aromatic heterocycles. The molecular formula is C31H39BrN10OS. The van der Waals surface area contributed by atoms with Gasteiger partial charge in [-0.3, -0.25) is 14.9 Å². The van der Waals surface area contributed by atoms with Crippen molar-refractivity contribution in [1.82, 2.24) is 29.7 Å². The topological polar surface area (TPSA) is 97.8 Å². The van der Waals surface area contributed by atoms with Crippen molar-refractivity contribution in [3.05, 3.63) is 53.4 Å². The number of rotatable bonds is 9. The minimum absolute atomic E-state index is 0.454. The molecule has 2 aliphatic rings. The highest BCUT2D eigenvalue weighted by molar-refractivity contribution is 9.10. The van der Waals surface area contributed by atoms with Crippen molar-refractivity contribution in [3.63, 3.8) is 0 Å². The van der Waals surface area contributed by atoms with E-state index in [1.807, 2.05) is 31.5 Å². The van der Waals surface area contributed by atoms with Gasteiger partial charge in [-0.2, -0.15) is 4.98 Å². The molecule has 0 spiro atoms. The van der Waals surface area contributed by atoms with Crippen molar-refractivity contribution in [3.8, 4) is 5.75 Å². The van der Waals surface area contributed by atoms with Crippen LogP contribution in [0.5, 0.6) is 5.75 Å². The fourth-order valence-corrected chi connectivity index (χ4v) is 6.61. The number of fused-ring (bicyclic) bond motifs is 1. The Morgan fingerprint density at radius 2 is 1.70 bits per heavy atom. The first kappa shape index (κ1) is 30.6. The molecule has 0 aliphatic carbocycles. The molecule has 4 heterocycles. The molecule has 0 saturated carbocycles. The number of aromatic nitrogens is 4. The third-order valence-corrected chi connectivity index (χ3v) is 9.83. The van der Waals surface area contributed by atoms with Crippen molar-refractivity contribution in [1.29, 1.82) is 0 Å². The maximum Gasteiger partial charge on any atom is 0.229 e. The van der Waals surface area contributed by atoms with Crippen molar-refractivity contribution in [2.45, 2.75) is 18.9 Å². The summed E-state index contributed by atoms with van der Waals surface area (Å²) in [5, 5.41) is 6.84. The summed E-state index contributed by atoms with van der Waals surface area (Å²) in [6, 6.07) is 10.9. The fourth-order valence-electron chi connectivity index (χ4n) is 5.95. The Morgan fingerprint density at radius 1 is 0.955 bits per heavy atom. The number of piperazine rings is 1. The molecule has 0 amide bonds. The summed E-state index contributed by atoms with van der Waals surface area (Å²) in [5.41, 5.74) is 5.40. The van der Waals surface area contributed by atoms with Gasteiger partial charge in [0.25, 0.3) is 0 Å². The Morgan fingerprint density at radius 3 is 2.45 bits per heavy atom. The average Bonchev–Trinajstić information content (AvgIpc) is 3.06. The summed E-state index contributed by atoms with van der Waals surface area (Å²) in [7, 11) is 5.92. The molecular weight excluding hydrogens is 640 g/mol. The highest BCUT2D eigenvalue weighted by atomic mass is 79.9. The fraction of sp³-hybridized carbons (Fsp3) is 0.419. The predicted octanol–water partition coefficient (Wildman–Crippen LogP) is 5.61. The van der Waals surface area contributed by atoms with Gasteiger partial charge in [0.2, 0.25) is 5.95 Å². The SMILES string of the molecule is COc1cc(N2CCC(N3CCN(C)CC3)CC2)ccc1Nc1ncc(Br)c(Nc2ccc3nccnc3c2N(C)SC)n1. The predicted molar refractivity (Wildman–Crippen MR) is 185 cm³/mol. The highest BCUT2D eigenvalue weighted by Crippen LogP contribution is 2.38. The normalized spacial score (nSPS) is 16.7. The average molecular weight is 680 g/mol. The van der Waals surface area contributed by atoms with Gasteiger partial charge in [-0.15, -0.1) is 0 Å². The van der Waals surface area contributed by atoms with Crippen LogP contribution in [-0.2, 0) is 0 Å². The summed E-state index contributed by atoms with van der Waals surface area (Å²) >= 11 is 5.21. The number of ether oxygens (including phenoxy) is 1. The number of anilines is 6. The van der Waals surface area contributed by atoms with Gasteiger partial charge < -0.3 is 29.5 Å². The van der Waals surface area contributed by atoms with Gasteiger partial charge in [0, 0.05) is 89.0 Å². The quantitative estimate of drug-likeness (QED) is 0.215. The van der Waals surface area contributed by atoms with Crippen LogP contribution in [0.15, 0.2) is 53.4 Å². The van der Waals surface area contributed by atoms with Crippen LogP contribution in [0.3, 0.4) is 0 Å². The Labute approximate surface area is 271 Å². The van der Waals surface area contributed by atoms with E-state index in [2.05, 4.69) is 79.7 Å². The molecule has 0 radical (unpaired) electrons. The van der Waals surface area contributed by atoms with Gasteiger partial charge >= 0.3 is 0 Å². The summed E-state index contributed by atoms with van der Waals surface area (Å²) in [6.45, 7) is 6.79. The standard InChI is InChI=1S/C31H39BrN10OS/c1-39-15-17-42(18-16-39)21-9-13-41(14-10-21)22-5-6-24(27(19-22)43-3)37-31-35-20-23(32)30(38-31)36-26-8-7-25-28(34-12-11-33-25)29(26)40(2)44-4/h5-8,11-12,19-21H,9-10,13-18H2,1-4H3,(H2,35,36,37,38). The zero-order chi connectivity index (χ0) is 30.6. The Kier molecular flexibility index (Phi) is 9.55. The molecule has 2 aromatic carbocycles. The Balaban J connectivity index is 1.17. The van der Waals surface area contributed by atoms with Crippen LogP contribution in [0, 0.1) is 0 Å². The van der Waals surface area contributed by atoms with Crippen molar-refractivity contribution >= 4 is 73.4 Å². The third-order valence-electron chi connectivity index (χ3n) is 8.52. The van der Waals surface area contributed by atoms with Gasteiger partial charge in [0.1, 0.15) is 17.1 Å². The Hall–Kier alpha value is -3.39. The first-order valence-corrected chi connectivity index (χ1v) is 16.8. The summed E-state index contributed by atoms with van der Waals surface area (Å²) in [6.07, 6.45) is 9.55. The number of hydrogen-bond donors (Lipinski definition) is 2. The monoisotopic (exact) mass is 678 g/mol. The Bertz CT molecular complexity index is 1590. The smallest absolute Gasteiger partial charge is 0.229 e. The summed E-state index contributed by atoms with van der Waals surface area (Å²) in [4.78, 5) is 26.0. The molecule has 0 bridgehead atoms. The van der Waals surface area contributed by atoms with Crippen molar-refractivity contribution in [2.75, 3.05) is 86.6 Å². The summed E-state index contributed by atoms with van der Waals surface area (Å²) in [5.74, 6) is 1.83. The van der Waals surface area contributed by atoms with Crippen LogP contribution in [0.1, 0.15) is 12.8 Å². The molecule has 2 fully saturated rings. The molecule has 232 valence electrons. The number of nitrogens with zero attached hydrogens (tertiary/aromatic N) is 8. The minimum atomic E-state index is 0.454. The van der Waals surface area contributed by atoms with E-state index in [1.54, 1.807) is 37.6 Å². The molecule has 2 aliphatic heterocycles. The zero-order valence-corrected chi connectivity index (χ0v) is 28.0. The second-order valence-corrected chi connectivity index (χ2v) is 12.9. The van der Waals surface area contributed by atoms with Gasteiger partial charge in [-0.1, -0.05) is 11.9 Å². The molecule has 2 N–H and O–H groups in total. The molecule has 0 atom stereocenters. The van der Waals surface area contributed by atoms with Gasteiger partial charge in [0.15, 0.2) is 0 Å². The lowest BCUT2D eigenvalue weighted by Gasteiger charge is -2.42. The minimum Gasteiger partial charge on any atom is -0.494 e. The second kappa shape index (κ2) is 13.7. The first-order valence-electron chi connectivity index (χ1n) is 14.9. The largest absolute Gasteiger partial charge is 0.494 e. The van der Waals surface area contributed by atoms with E-state index >= 15 is 0 Å². The maximum atomic E-state index is 5.82.